The van der Waals surface area contributed by atoms with Gasteiger partial charge in [0.05, 0.1) is 6.10 Å². The predicted octanol–water partition coefficient (Wildman–Crippen LogP) is 3.40. The highest BCUT2D eigenvalue weighted by Gasteiger charge is 2.20. The van der Waals surface area contributed by atoms with E-state index in [1.54, 1.807) is 7.05 Å². The molecule has 0 aliphatic heterocycles. The van der Waals surface area contributed by atoms with Gasteiger partial charge in [-0.2, -0.15) is 0 Å². The van der Waals surface area contributed by atoms with Gasteiger partial charge in [0.1, 0.15) is 0 Å². The summed E-state index contributed by atoms with van der Waals surface area (Å²) >= 11 is 0. The molecule has 0 bridgehead atoms. The second kappa shape index (κ2) is 6.14. The standard InChI is InChI=1S/C14H19F2NO/c1-17-9-10-7-12(15)14(13(16)8-10)18-11-5-3-2-4-6-11/h7-8,11,17H,2-6,9H2,1H3. The summed E-state index contributed by atoms with van der Waals surface area (Å²) in [5.41, 5.74) is 0.587. The van der Waals surface area contributed by atoms with Crippen LogP contribution in [0.5, 0.6) is 5.75 Å². The van der Waals surface area contributed by atoms with Crippen molar-refractivity contribution in [1.29, 1.82) is 0 Å². The molecular weight excluding hydrogens is 236 g/mol. The first-order valence-corrected chi connectivity index (χ1v) is 6.50. The number of ether oxygens (including phenoxy) is 1. The van der Waals surface area contributed by atoms with Crippen molar-refractivity contribution in [3.8, 4) is 5.75 Å². The molecule has 18 heavy (non-hydrogen) atoms. The van der Waals surface area contributed by atoms with E-state index in [0.717, 1.165) is 25.7 Å². The molecule has 1 N–H and O–H groups in total. The molecule has 0 atom stereocenters. The van der Waals surface area contributed by atoms with Crippen LogP contribution < -0.4 is 10.1 Å². The third kappa shape index (κ3) is 3.19. The van der Waals surface area contributed by atoms with E-state index in [2.05, 4.69) is 5.32 Å². The van der Waals surface area contributed by atoms with Gasteiger partial charge in [-0.25, -0.2) is 8.78 Å². The fraction of sp³-hybridized carbons (Fsp3) is 0.571. The van der Waals surface area contributed by atoms with Crippen molar-refractivity contribution in [2.75, 3.05) is 7.05 Å². The lowest BCUT2D eigenvalue weighted by Crippen LogP contribution is -2.21. The summed E-state index contributed by atoms with van der Waals surface area (Å²) in [5, 5.41) is 2.87. The monoisotopic (exact) mass is 255 g/mol. The van der Waals surface area contributed by atoms with Crippen LogP contribution in [0.3, 0.4) is 0 Å². The van der Waals surface area contributed by atoms with Gasteiger partial charge in [0, 0.05) is 6.54 Å². The van der Waals surface area contributed by atoms with Crippen molar-refractivity contribution in [3.63, 3.8) is 0 Å². The van der Waals surface area contributed by atoms with E-state index in [0.29, 0.717) is 12.1 Å². The fourth-order valence-corrected chi connectivity index (χ4v) is 2.38. The Morgan fingerprint density at radius 1 is 1.17 bits per heavy atom. The van der Waals surface area contributed by atoms with Crippen LogP contribution in [0.4, 0.5) is 8.78 Å². The van der Waals surface area contributed by atoms with Gasteiger partial charge in [-0.3, -0.25) is 0 Å². The summed E-state index contributed by atoms with van der Waals surface area (Å²) in [4.78, 5) is 0. The number of benzene rings is 1. The summed E-state index contributed by atoms with van der Waals surface area (Å²) < 4.78 is 33.1. The van der Waals surface area contributed by atoms with Gasteiger partial charge >= 0.3 is 0 Å². The molecule has 0 unspecified atom stereocenters. The summed E-state index contributed by atoms with van der Waals surface area (Å²) in [6, 6.07) is 2.66. The Hall–Kier alpha value is -1.16. The SMILES string of the molecule is CNCc1cc(F)c(OC2CCCCC2)c(F)c1. The number of rotatable bonds is 4. The van der Waals surface area contributed by atoms with Crippen molar-refractivity contribution < 1.29 is 13.5 Å². The molecule has 1 aromatic carbocycles. The molecule has 2 nitrogen and oxygen atoms in total. The lowest BCUT2D eigenvalue weighted by atomic mass is 9.98. The topological polar surface area (TPSA) is 21.3 Å². The van der Waals surface area contributed by atoms with Gasteiger partial charge in [-0.1, -0.05) is 6.42 Å². The molecular formula is C14H19F2NO. The maximum Gasteiger partial charge on any atom is 0.191 e. The smallest absolute Gasteiger partial charge is 0.191 e. The minimum atomic E-state index is -0.606. The van der Waals surface area contributed by atoms with Crippen LogP contribution in [0.2, 0.25) is 0 Å². The highest BCUT2D eigenvalue weighted by molar-refractivity contribution is 5.31. The van der Waals surface area contributed by atoms with E-state index in [9.17, 15) is 8.78 Å². The number of hydrogen-bond acceptors (Lipinski definition) is 2. The molecule has 4 heteroatoms. The van der Waals surface area contributed by atoms with E-state index < -0.39 is 11.6 Å². The third-order valence-corrected chi connectivity index (χ3v) is 3.28. The van der Waals surface area contributed by atoms with E-state index in [1.165, 1.54) is 18.6 Å². The molecule has 0 saturated heterocycles. The molecule has 0 amide bonds. The minimum absolute atomic E-state index is 0.0436. The lowest BCUT2D eigenvalue weighted by Gasteiger charge is -2.23. The van der Waals surface area contributed by atoms with Gasteiger partial charge in [0.2, 0.25) is 0 Å². The van der Waals surface area contributed by atoms with Gasteiger partial charge in [-0.15, -0.1) is 0 Å². The van der Waals surface area contributed by atoms with Crippen LogP contribution in [0.1, 0.15) is 37.7 Å². The summed E-state index contributed by atoms with van der Waals surface area (Å²) in [7, 11) is 1.74. The average molecular weight is 255 g/mol. The lowest BCUT2D eigenvalue weighted by molar-refractivity contribution is 0.142. The van der Waals surface area contributed by atoms with Crippen molar-refractivity contribution in [1.82, 2.24) is 5.32 Å². The van der Waals surface area contributed by atoms with Crippen molar-refractivity contribution in [3.05, 3.63) is 29.3 Å². The average Bonchev–Trinajstić information content (AvgIpc) is 2.36. The highest BCUT2D eigenvalue weighted by Crippen LogP contribution is 2.28. The first-order valence-electron chi connectivity index (χ1n) is 6.50. The van der Waals surface area contributed by atoms with Crippen LogP contribution in [-0.2, 0) is 6.54 Å². The zero-order valence-electron chi connectivity index (χ0n) is 10.6. The number of hydrogen-bond donors (Lipinski definition) is 1. The Labute approximate surface area is 106 Å². The summed E-state index contributed by atoms with van der Waals surface area (Å²) in [6.07, 6.45) is 5.07. The first kappa shape index (κ1) is 13.3. The quantitative estimate of drug-likeness (QED) is 0.890. The first-order chi connectivity index (χ1) is 8.70. The maximum absolute atomic E-state index is 13.8. The minimum Gasteiger partial charge on any atom is -0.484 e. The molecule has 100 valence electrons. The zero-order valence-corrected chi connectivity index (χ0v) is 10.6. The number of nitrogens with one attached hydrogen (secondary N) is 1. The van der Waals surface area contributed by atoms with Gasteiger partial charge in [0.15, 0.2) is 17.4 Å². The van der Waals surface area contributed by atoms with E-state index in [-0.39, 0.29) is 11.9 Å². The molecule has 1 fully saturated rings. The Bertz CT molecular complexity index is 380. The van der Waals surface area contributed by atoms with Crippen molar-refractivity contribution in [2.45, 2.75) is 44.8 Å². The molecule has 2 rings (SSSR count). The van der Waals surface area contributed by atoms with Gasteiger partial charge in [0.25, 0.3) is 0 Å². The number of halogens is 2. The Balaban J connectivity index is 2.11. The van der Waals surface area contributed by atoms with Crippen LogP contribution in [0.15, 0.2) is 12.1 Å². The molecule has 1 aliphatic carbocycles. The summed E-state index contributed by atoms with van der Waals surface area (Å²) in [6.45, 7) is 0.442. The van der Waals surface area contributed by atoms with Gasteiger partial charge < -0.3 is 10.1 Å². The maximum atomic E-state index is 13.8. The largest absolute Gasteiger partial charge is 0.484 e. The molecule has 0 heterocycles. The third-order valence-electron chi connectivity index (χ3n) is 3.28. The zero-order chi connectivity index (χ0) is 13.0. The second-order valence-electron chi connectivity index (χ2n) is 4.80. The van der Waals surface area contributed by atoms with Gasteiger partial charge in [-0.05, 0) is 50.4 Å². The van der Waals surface area contributed by atoms with Crippen LogP contribution in [0.25, 0.3) is 0 Å². The normalized spacial score (nSPS) is 16.8. The molecule has 0 aromatic heterocycles. The molecule has 0 spiro atoms. The second-order valence-corrected chi connectivity index (χ2v) is 4.80. The Morgan fingerprint density at radius 3 is 2.33 bits per heavy atom. The molecule has 1 saturated carbocycles. The highest BCUT2D eigenvalue weighted by atomic mass is 19.1. The molecule has 1 aliphatic rings. The van der Waals surface area contributed by atoms with E-state index in [1.807, 2.05) is 0 Å². The Morgan fingerprint density at radius 2 is 1.78 bits per heavy atom. The molecule has 0 radical (unpaired) electrons. The predicted molar refractivity (Wildman–Crippen MR) is 66.6 cm³/mol. The van der Waals surface area contributed by atoms with Crippen molar-refractivity contribution >= 4 is 0 Å². The fourth-order valence-electron chi connectivity index (χ4n) is 2.38. The van der Waals surface area contributed by atoms with Crippen LogP contribution >= 0.6 is 0 Å². The van der Waals surface area contributed by atoms with E-state index in [4.69, 9.17) is 4.74 Å². The van der Waals surface area contributed by atoms with E-state index >= 15 is 0 Å². The summed E-state index contributed by atoms with van der Waals surface area (Å²) in [5.74, 6) is -1.43. The molecule has 1 aromatic rings. The van der Waals surface area contributed by atoms with Crippen LogP contribution in [-0.4, -0.2) is 13.2 Å². The van der Waals surface area contributed by atoms with Crippen molar-refractivity contribution in [2.24, 2.45) is 0 Å². The van der Waals surface area contributed by atoms with Crippen LogP contribution in [0, 0.1) is 11.6 Å². The Kier molecular flexibility index (Phi) is 4.53.